The van der Waals surface area contributed by atoms with E-state index in [2.05, 4.69) is 36.2 Å². The Labute approximate surface area is 223 Å². The summed E-state index contributed by atoms with van der Waals surface area (Å²) in [5.74, 6) is -0.262. The summed E-state index contributed by atoms with van der Waals surface area (Å²) < 4.78 is 42.3. The number of pyridine rings is 1. The van der Waals surface area contributed by atoms with E-state index in [9.17, 15) is 22.8 Å². The van der Waals surface area contributed by atoms with Gasteiger partial charge in [0.25, 0.3) is 0 Å². The molecule has 198 valence electrons. The van der Waals surface area contributed by atoms with Gasteiger partial charge in [-0.2, -0.15) is 13.2 Å². The third kappa shape index (κ3) is 4.66. The summed E-state index contributed by atoms with van der Waals surface area (Å²) in [6.07, 6.45) is -2.90. The SMILES string of the molecule is Cc1ccc(Br)nc1NC(=O)[C@@H]1C[C@H](C)CN1C(=O)Cn1c2ccc(C(F)(F)F)cc2c2c(N)ncnc21. The van der Waals surface area contributed by atoms with Gasteiger partial charge in [-0.25, -0.2) is 15.0 Å². The number of aryl methyl sites for hydroxylation is 1. The van der Waals surface area contributed by atoms with Gasteiger partial charge in [-0.05, 0) is 65.0 Å². The molecule has 3 aromatic heterocycles. The number of aromatic nitrogens is 4. The number of alkyl halides is 3. The minimum absolute atomic E-state index is 0.00876. The fraction of sp³-hybridized carbons (Fsp3) is 0.320. The molecule has 1 aliphatic rings. The standard InChI is InChI=1S/C25H23BrF3N7O2/c1-12-7-17(24(38)34-22-13(2)3-6-18(26)33-22)35(9-12)19(37)10-36-16-5-4-14(25(27,28)29)8-15(16)20-21(30)31-11-32-23(20)36/h3-6,8,11-12,17H,7,9-10H2,1-2H3,(H2,30,31,32)(H,33,34,38)/t12-,17-/m0/s1. The van der Waals surface area contributed by atoms with Gasteiger partial charge in [0.2, 0.25) is 11.8 Å². The Morgan fingerprint density at radius 1 is 1.21 bits per heavy atom. The Balaban J connectivity index is 1.49. The van der Waals surface area contributed by atoms with E-state index in [0.29, 0.717) is 28.9 Å². The van der Waals surface area contributed by atoms with Crippen molar-refractivity contribution in [3.63, 3.8) is 0 Å². The minimum Gasteiger partial charge on any atom is -0.383 e. The minimum atomic E-state index is -4.56. The highest BCUT2D eigenvalue weighted by Gasteiger charge is 2.38. The molecule has 38 heavy (non-hydrogen) atoms. The van der Waals surface area contributed by atoms with Crippen LogP contribution < -0.4 is 11.1 Å². The van der Waals surface area contributed by atoms with Crippen molar-refractivity contribution in [1.29, 1.82) is 0 Å². The molecule has 0 saturated carbocycles. The summed E-state index contributed by atoms with van der Waals surface area (Å²) >= 11 is 3.30. The van der Waals surface area contributed by atoms with E-state index < -0.39 is 17.8 Å². The highest BCUT2D eigenvalue weighted by atomic mass is 79.9. The molecule has 13 heteroatoms. The fourth-order valence-electron chi connectivity index (χ4n) is 4.90. The average Bonchev–Trinajstić information content (AvgIpc) is 3.39. The molecule has 0 bridgehead atoms. The number of anilines is 2. The van der Waals surface area contributed by atoms with Crippen LogP contribution in [0.4, 0.5) is 24.8 Å². The molecule has 5 rings (SSSR count). The molecule has 4 heterocycles. The number of carbonyl (C=O) groups is 2. The molecule has 0 aliphatic carbocycles. The number of nitrogens with two attached hydrogens (primary N) is 1. The number of benzene rings is 1. The van der Waals surface area contributed by atoms with Crippen molar-refractivity contribution in [2.45, 2.75) is 39.0 Å². The molecule has 9 nitrogen and oxygen atoms in total. The summed E-state index contributed by atoms with van der Waals surface area (Å²) in [5.41, 5.74) is 6.54. The lowest BCUT2D eigenvalue weighted by Crippen LogP contribution is -2.44. The molecule has 3 N–H and O–H groups in total. The second kappa shape index (κ2) is 9.53. The number of amides is 2. The maximum absolute atomic E-state index is 13.6. The lowest BCUT2D eigenvalue weighted by molar-refractivity contribution is -0.137. The summed E-state index contributed by atoms with van der Waals surface area (Å²) in [5, 5.41) is 3.25. The van der Waals surface area contributed by atoms with E-state index in [1.54, 1.807) is 6.07 Å². The van der Waals surface area contributed by atoms with Crippen LogP contribution in [0.1, 0.15) is 24.5 Å². The third-order valence-electron chi connectivity index (χ3n) is 6.73. The van der Waals surface area contributed by atoms with Crippen LogP contribution in [0.2, 0.25) is 0 Å². The highest BCUT2D eigenvalue weighted by molar-refractivity contribution is 9.10. The van der Waals surface area contributed by atoms with E-state index in [-0.39, 0.29) is 46.5 Å². The normalized spacial score (nSPS) is 17.9. The first-order valence-corrected chi connectivity index (χ1v) is 12.6. The average molecular weight is 590 g/mol. The van der Waals surface area contributed by atoms with Crippen molar-refractivity contribution in [2.75, 3.05) is 17.6 Å². The number of fused-ring (bicyclic) bond motifs is 3. The van der Waals surface area contributed by atoms with Crippen LogP contribution in [-0.2, 0) is 22.3 Å². The van der Waals surface area contributed by atoms with Crippen LogP contribution in [0.25, 0.3) is 21.9 Å². The molecule has 1 aromatic carbocycles. The van der Waals surface area contributed by atoms with Gasteiger partial charge >= 0.3 is 6.18 Å². The molecule has 1 saturated heterocycles. The number of carbonyl (C=O) groups excluding carboxylic acids is 2. The second-order valence-corrected chi connectivity index (χ2v) is 10.3. The number of likely N-dealkylation sites (tertiary alicyclic amines) is 1. The van der Waals surface area contributed by atoms with Crippen molar-refractivity contribution in [3.8, 4) is 0 Å². The molecule has 2 amide bonds. The molecule has 1 aliphatic heterocycles. The van der Waals surface area contributed by atoms with E-state index in [1.165, 1.54) is 21.9 Å². The van der Waals surface area contributed by atoms with E-state index in [0.717, 1.165) is 17.7 Å². The lowest BCUT2D eigenvalue weighted by Gasteiger charge is -2.24. The number of rotatable bonds is 4. The number of halogens is 4. The molecule has 0 unspecified atom stereocenters. The largest absolute Gasteiger partial charge is 0.416 e. The first kappa shape index (κ1) is 25.9. The number of nitrogens with one attached hydrogen (secondary N) is 1. The Morgan fingerprint density at radius 2 is 1.97 bits per heavy atom. The Hall–Kier alpha value is -3.74. The number of nitrogens with zero attached hydrogens (tertiary/aromatic N) is 5. The van der Waals surface area contributed by atoms with Gasteiger partial charge < -0.3 is 20.5 Å². The van der Waals surface area contributed by atoms with Crippen LogP contribution in [0.3, 0.4) is 0 Å². The van der Waals surface area contributed by atoms with E-state index >= 15 is 0 Å². The zero-order chi connectivity index (χ0) is 27.4. The molecular weight excluding hydrogens is 567 g/mol. The van der Waals surface area contributed by atoms with Gasteiger partial charge in [0.05, 0.1) is 16.5 Å². The third-order valence-corrected chi connectivity index (χ3v) is 7.17. The molecule has 2 atom stereocenters. The van der Waals surface area contributed by atoms with Gasteiger partial charge in [0, 0.05) is 11.9 Å². The first-order valence-electron chi connectivity index (χ1n) is 11.8. The highest BCUT2D eigenvalue weighted by Crippen LogP contribution is 2.37. The zero-order valence-corrected chi connectivity index (χ0v) is 22.0. The molecular formula is C25H23BrF3N7O2. The predicted octanol–water partition coefficient (Wildman–Crippen LogP) is 4.53. The summed E-state index contributed by atoms with van der Waals surface area (Å²) in [4.78, 5) is 40.8. The van der Waals surface area contributed by atoms with Crippen LogP contribution >= 0.6 is 15.9 Å². The van der Waals surface area contributed by atoms with Gasteiger partial charge in [-0.15, -0.1) is 0 Å². The van der Waals surface area contributed by atoms with Crippen molar-refractivity contribution in [1.82, 2.24) is 24.4 Å². The Bertz CT molecular complexity index is 1590. The van der Waals surface area contributed by atoms with Crippen molar-refractivity contribution >= 4 is 61.3 Å². The predicted molar refractivity (Wildman–Crippen MR) is 139 cm³/mol. The Morgan fingerprint density at radius 3 is 2.71 bits per heavy atom. The van der Waals surface area contributed by atoms with E-state index in [4.69, 9.17) is 5.73 Å². The van der Waals surface area contributed by atoms with Gasteiger partial charge in [0.15, 0.2) is 0 Å². The van der Waals surface area contributed by atoms with Crippen molar-refractivity contribution < 1.29 is 22.8 Å². The Kier molecular flexibility index (Phi) is 6.49. The topological polar surface area (TPSA) is 119 Å². The molecule has 0 spiro atoms. The van der Waals surface area contributed by atoms with Gasteiger partial charge in [-0.3, -0.25) is 9.59 Å². The molecule has 1 fully saturated rings. The number of nitrogen functional groups attached to an aromatic ring is 1. The van der Waals surface area contributed by atoms with Crippen molar-refractivity contribution in [2.24, 2.45) is 5.92 Å². The zero-order valence-electron chi connectivity index (χ0n) is 20.4. The summed E-state index contributed by atoms with van der Waals surface area (Å²) in [6, 6.07) is 6.07. The molecule has 0 radical (unpaired) electrons. The van der Waals surface area contributed by atoms with Crippen LogP contribution in [0.5, 0.6) is 0 Å². The van der Waals surface area contributed by atoms with Gasteiger partial charge in [-0.1, -0.05) is 13.0 Å². The second-order valence-electron chi connectivity index (χ2n) is 9.46. The molecule has 4 aromatic rings. The first-order chi connectivity index (χ1) is 17.9. The fourth-order valence-corrected chi connectivity index (χ4v) is 5.21. The van der Waals surface area contributed by atoms with Crippen LogP contribution in [-0.4, -0.2) is 48.8 Å². The summed E-state index contributed by atoms with van der Waals surface area (Å²) in [7, 11) is 0. The maximum atomic E-state index is 13.6. The lowest BCUT2D eigenvalue weighted by atomic mass is 10.1. The van der Waals surface area contributed by atoms with Gasteiger partial charge in [0.1, 0.15) is 40.8 Å². The van der Waals surface area contributed by atoms with Crippen LogP contribution in [0, 0.1) is 12.8 Å². The number of hydrogen-bond donors (Lipinski definition) is 2. The summed E-state index contributed by atoms with van der Waals surface area (Å²) in [6.45, 7) is 3.87. The van der Waals surface area contributed by atoms with Crippen molar-refractivity contribution in [3.05, 3.63) is 52.4 Å². The smallest absolute Gasteiger partial charge is 0.383 e. The van der Waals surface area contributed by atoms with Crippen LogP contribution in [0.15, 0.2) is 41.3 Å². The monoisotopic (exact) mass is 589 g/mol. The maximum Gasteiger partial charge on any atom is 0.416 e. The van der Waals surface area contributed by atoms with E-state index in [1.807, 2.05) is 19.9 Å². The quantitative estimate of drug-likeness (QED) is 0.338. The number of hydrogen-bond acceptors (Lipinski definition) is 6.